The van der Waals surface area contributed by atoms with E-state index < -0.39 is 0 Å². The summed E-state index contributed by atoms with van der Waals surface area (Å²) >= 11 is 11.1. The van der Waals surface area contributed by atoms with E-state index in [1.54, 1.807) is 18.3 Å². The molecule has 0 aromatic carbocycles. The van der Waals surface area contributed by atoms with Crippen LogP contribution in [0.4, 0.5) is 0 Å². The lowest BCUT2D eigenvalue weighted by atomic mass is 10.3. The summed E-state index contributed by atoms with van der Waals surface area (Å²) in [7, 11) is 0. The first-order valence-corrected chi connectivity index (χ1v) is 6.92. The quantitative estimate of drug-likeness (QED) is 0.492. The highest BCUT2D eigenvalue weighted by molar-refractivity contribution is 7.80. The molecule has 0 unspecified atom stereocenters. The first kappa shape index (κ1) is 14.0. The number of hydrogen-bond acceptors (Lipinski definition) is 2. The SMILES string of the molecule is NC(=NC(=S)NCc1ncccc1Cl)N1CCCC1. The number of pyridine rings is 1. The Morgan fingerprint density at radius 3 is 2.95 bits per heavy atom. The van der Waals surface area contributed by atoms with Crippen LogP contribution in [-0.4, -0.2) is 34.0 Å². The second-order valence-electron chi connectivity index (χ2n) is 4.25. The molecule has 102 valence electrons. The van der Waals surface area contributed by atoms with Crippen molar-refractivity contribution in [3.8, 4) is 0 Å². The van der Waals surface area contributed by atoms with E-state index in [2.05, 4.69) is 15.3 Å². The Labute approximate surface area is 122 Å². The molecule has 0 saturated carbocycles. The van der Waals surface area contributed by atoms with Crippen LogP contribution in [-0.2, 0) is 6.54 Å². The third-order valence-electron chi connectivity index (χ3n) is 2.89. The highest BCUT2D eigenvalue weighted by Crippen LogP contribution is 2.11. The molecule has 1 aromatic heterocycles. The summed E-state index contributed by atoms with van der Waals surface area (Å²) in [5.41, 5.74) is 6.62. The van der Waals surface area contributed by atoms with Crippen LogP contribution in [0.5, 0.6) is 0 Å². The van der Waals surface area contributed by atoms with Gasteiger partial charge in [-0.05, 0) is 37.2 Å². The fraction of sp³-hybridized carbons (Fsp3) is 0.417. The lowest BCUT2D eigenvalue weighted by Gasteiger charge is -2.16. The Bertz CT molecular complexity index is 485. The van der Waals surface area contributed by atoms with Gasteiger partial charge >= 0.3 is 0 Å². The zero-order chi connectivity index (χ0) is 13.7. The molecule has 1 saturated heterocycles. The molecule has 2 rings (SSSR count). The van der Waals surface area contributed by atoms with Crippen molar-refractivity contribution in [2.24, 2.45) is 10.7 Å². The van der Waals surface area contributed by atoms with Crippen LogP contribution in [0.1, 0.15) is 18.5 Å². The lowest BCUT2D eigenvalue weighted by molar-refractivity contribution is 0.514. The van der Waals surface area contributed by atoms with Crippen molar-refractivity contribution in [2.75, 3.05) is 13.1 Å². The third kappa shape index (κ3) is 4.04. The number of thiocarbonyl (C=S) groups is 1. The molecule has 0 bridgehead atoms. The molecule has 1 aromatic rings. The molecule has 1 aliphatic heterocycles. The van der Waals surface area contributed by atoms with Gasteiger partial charge in [0.05, 0.1) is 17.3 Å². The molecule has 1 aliphatic rings. The number of guanidine groups is 1. The zero-order valence-corrected chi connectivity index (χ0v) is 12.0. The van der Waals surface area contributed by atoms with Crippen LogP contribution in [0.2, 0.25) is 5.02 Å². The number of rotatable bonds is 2. The first-order chi connectivity index (χ1) is 9.16. The Kier molecular flexibility index (Phi) is 4.93. The van der Waals surface area contributed by atoms with Gasteiger partial charge in [-0.25, -0.2) is 0 Å². The molecule has 2 heterocycles. The van der Waals surface area contributed by atoms with Crippen molar-refractivity contribution in [1.29, 1.82) is 0 Å². The highest BCUT2D eigenvalue weighted by atomic mass is 35.5. The van der Waals surface area contributed by atoms with Crippen LogP contribution in [0.3, 0.4) is 0 Å². The summed E-state index contributed by atoms with van der Waals surface area (Å²) in [6.07, 6.45) is 3.99. The molecule has 1 fully saturated rings. The van der Waals surface area contributed by atoms with Gasteiger partial charge in [0.15, 0.2) is 11.1 Å². The first-order valence-electron chi connectivity index (χ1n) is 6.13. The van der Waals surface area contributed by atoms with Gasteiger partial charge in [0.2, 0.25) is 0 Å². The Balaban J connectivity index is 1.87. The monoisotopic (exact) mass is 297 g/mol. The number of aliphatic imine (C=N–C) groups is 1. The van der Waals surface area contributed by atoms with E-state index in [-0.39, 0.29) is 0 Å². The molecular formula is C12H16ClN5S. The van der Waals surface area contributed by atoms with Crippen LogP contribution in [0.25, 0.3) is 0 Å². The normalized spacial score (nSPS) is 15.6. The molecule has 0 aliphatic carbocycles. The van der Waals surface area contributed by atoms with Gasteiger partial charge < -0.3 is 16.0 Å². The van der Waals surface area contributed by atoms with Gasteiger partial charge in [-0.1, -0.05) is 11.6 Å². The number of nitrogens with one attached hydrogen (secondary N) is 1. The standard InChI is InChI=1S/C12H16ClN5S/c13-9-4-3-5-15-10(9)8-16-12(19)17-11(14)18-6-1-2-7-18/h3-5H,1-2,6-8H2,(H3,14,16,17,19). The highest BCUT2D eigenvalue weighted by Gasteiger charge is 2.13. The van der Waals surface area contributed by atoms with Crippen molar-refractivity contribution in [3.05, 3.63) is 29.0 Å². The van der Waals surface area contributed by atoms with Crippen molar-refractivity contribution >= 4 is 34.9 Å². The van der Waals surface area contributed by atoms with Gasteiger partial charge in [-0.3, -0.25) is 4.98 Å². The van der Waals surface area contributed by atoms with Gasteiger partial charge in [0, 0.05) is 19.3 Å². The van der Waals surface area contributed by atoms with Crippen molar-refractivity contribution in [1.82, 2.24) is 15.2 Å². The summed E-state index contributed by atoms with van der Waals surface area (Å²) in [6.45, 7) is 2.34. The fourth-order valence-electron chi connectivity index (χ4n) is 1.87. The molecular weight excluding hydrogens is 282 g/mol. The van der Waals surface area contributed by atoms with Gasteiger partial charge in [-0.2, -0.15) is 4.99 Å². The Hall–Kier alpha value is -1.40. The topological polar surface area (TPSA) is 66.5 Å². The maximum Gasteiger partial charge on any atom is 0.198 e. The summed E-state index contributed by atoms with van der Waals surface area (Å²) in [4.78, 5) is 10.4. The number of aromatic nitrogens is 1. The number of nitrogens with zero attached hydrogens (tertiary/aromatic N) is 3. The van der Waals surface area contributed by atoms with E-state index in [1.807, 2.05) is 4.90 Å². The summed E-state index contributed by atoms with van der Waals surface area (Å²) in [6, 6.07) is 3.57. The third-order valence-corrected chi connectivity index (χ3v) is 3.47. The minimum Gasteiger partial charge on any atom is -0.369 e. The second-order valence-corrected chi connectivity index (χ2v) is 5.05. The molecule has 3 N–H and O–H groups in total. The maximum atomic E-state index is 6.00. The van der Waals surface area contributed by atoms with Crippen molar-refractivity contribution < 1.29 is 0 Å². The molecule has 0 atom stereocenters. The number of likely N-dealkylation sites (tertiary alicyclic amines) is 1. The van der Waals surface area contributed by atoms with E-state index in [9.17, 15) is 0 Å². The van der Waals surface area contributed by atoms with Crippen LogP contribution >= 0.6 is 23.8 Å². The molecule has 0 amide bonds. The van der Waals surface area contributed by atoms with Crippen molar-refractivity contribution in [3.63, 3.8) is 0 Å². The van der Waals surface area contributed by atoms with E-state index >= 15 is 0 Å². The Morgan fingerprint density at radius 1 is 1.53 bits per heavy atom. The van der Waals surface area contributed by atoms with Gasteiger partial charge in [-0.15, -0.1) is 0 Å². The van der Waals surface area contributed by atoms with E-state index in [4.69, 9.17) is 29.6 Å². The molecule has 19 heavy (non-hydrogen) atoms. The predicted molar refractivity (Wildman–Crippen MR) is 81.1 cm³/mol. The summed E-state index contributed by atoms with van der Waals surface area (Å²) in [5, 5.41) is 3.94. The maximum absolute atomic E-state index is 6.00. The average molecular weight is 298 g/mol. The molecule has 5 nitrogen and oxygen atoms in total. The smallest absolute Gasteiger partial charge is 0.198 e. The number of hydrogen-bond donors (Lipinski definition) is 2. The fourth-order valence-corrected chi connectivity index (χ4v) is 2.22. The largest absolute Gasteiger partial charge is 0.369 e. The number of halogens is 1. The predicted octanol–water partition coefficient (Wildman–Crippen LogP) is 1.52. The summed E-state index contributed by atoms with van der Waals surface area (Å²) in [5.74, 6) is 0.474. The van der Waals surface area contributed by atoms with E-state index in [1.165, 1.54) is 0 Å². The zero-order valence-electron chi connectivity index (χ0n) is 10.5. The molecule has 0 radical (unpaired) electrons. The van der Waals surface area contributed by atoms with E-state index in [0.29, 0.717) is 22.6 Å². The minimum atomic E-state index is 0.353. The van der Waals surface area contributed by atoms with Crippen molar-refractivity contribution in [2.45, 2.75) is 19.4 Å². The summed E-state index contributed by atoms with van der Waals surface area (Å²) < 4.78 is 0. The second kappa shape index (κ2) is 6.68. The van der Waals surface area contributed by atoms with Gasteiger partial charge in [0.1, 0.15) is 0 Å². The van der Waals surface area contributed by atoms with Crippen LogP contribution < -0.4 is 11.1 Å². The molecule has 0 spiro atoms. The lowest BCUT2D eigenvalue weighted by Crippen LogP contribution is -2.36. The molecule has 7 heteroatoms. The van der Waals surface area contributed by atoms with E-state index in [0.717, 1.165) is 31.6 Å². The Morgan fingerprint density at radius 2 is 2.26 bits per heavy atom. The van der Waals surface area contributed by atoms with Crippen LogP contribution in [0.15, 0.2) is 23.3 Å². The van der Waals surface area contributed by atoms with Crippen LogP contribution in [0, 0.1) is 0 Å². The average Bonchev–Trinajstić information content (AvgIpc) is 2.91. The minimum absolute atomic E-state index is 0.353. The van der Waals surface area contributed by atoms with Gasteiger partial charge in [0.25, 0.3) is 0 Å². The number of nitrogens with two attached hydrogens (primary N) is 1.